The maximum Gasteiger partial charge on any atom is 0.320 e. The maximum absolute atomic E-state index is 10.4. The fraction of sp³-hybridized carbons (Fsp3) is 0.250. The molecule has 0 bridgehead atoms. The minimum Gasteiger partial charge on any atom is -0.317 e. The lowest BCUT2D eigenvalue weighted by Crippen LogP contribution is -2.49. The molecule has 2 amide bonds. The van der Waals surface area contributed by atoms with Crippen molar-refractivity contribution in [3.8, 4) is 0 Å². The summed E-state index contributed by atoms with van der Waals surface area (Å²) < 4.78 is 0. The zero-order valence-electron chi connectivity index (χ0n) is 4.59. The third kappa shape index (κ3) is 1.41. The number of amides is 2. The van der Waals surface area contributed by atoms with Crippen LogP contribution in [0.4, 0.5) is 4.79 Å². The van der Waals surface area contributed by atoms with Crippen LogP contribution in [0, 0.1) is 0 Å². The summed E-state index contributed by atoms with van der Waals surface area (Å²) in [4.78, 5) is 10.4. The Labute approximate surface area is 51.7 Å². The number of hydrogen-bond donors (Lipinski definition) is 4. The molecule has 0 aromatic carbocycles. The van der Waals surface area contributed by atoms with Crippen molar-refractivity contribution in [1.29, 1.82) is 0 Å². The van der Waals surface area contributed by atoms with E-state index in [-0.39, 0.29) is 6.03 Å². The third-order valence-corrected chi connectivity index (χ3v) is 0.929. The second-order valence-corrected chi connectivity index (χ2v) is 1.58. The predicted molar refractivity (Wildman–Crippen MR) is 29.5 cm³/mol. The lowest BCUT2D eigenvalue weighted by molar-refractivity contribution is 0.129. The van der Waals surface area contributed by atoms with Gasteiger partial charge in [0.1, 0.15) is 6.17 Å². The number of rotatable bonds is 1. The van der Waals surface area contributed by atoms with Crippen molar-refractivity contribution in [2.45, 2.75) is 6.17 Å². The minimum atomic E-state index is -0.473. The van der Waals surface area contributed by atoms with E-state index in [0.29, 0.717) is 0 Å². The molecule has 5 heteroatoms. The summed E-state index contributed by atoms with van der Waals surface area (Å²) >= 11 is 0. The van der Waals surface area contributed by atoms with E-state index >= 15 is 0 Å². The molecule has 0 fully saturated rings. The molecule has 0 spiro atoms. The van der Waals surface area contributed by atoms with Crippen LogP contribution in [0.2, 0.25) is 0 Å². The second-order valence-electron chi connectivity index (χ2n) is 1.58. The Balaban J connectivity index is 2.49. The standard InChI is InChI=1S/C4H7N3O2/c8-4-5-2-1-3(6-4)7-9/h1-3,7,9H,(H2,5,6,8). The van der Waals surface area contributed by atoms with Crippen molar-refractivity contribution >= 4 is 6.03 Å². The number of nitrogens with one attached hydrogen (secondary N) is 3. The summed E-state index contributed by atoms with van der Waals surface area (Å²) in [5, 5.41) is 13.0. The van der Waals surface area contributed by atoms with Crippen LogP contribution in [0.3, 0.4) is 0 Å². The molecule has 9 heavy (non-hydrogen) atoms. The first-order chi connectivity index (χ1) is 4.33. The molecule has 1 aliphatic rings. The molecule has 50 valence electrons. The molecule has 0 aromatic rings. The largest absolute Gasteiger partial charge is 0.320 e. The topological polar surface area (TPSA) is 73.4 Å². The predicted octanol–water partition coefficient (Wildman–Crippen LogP) is -0.882. The first-order valence-electron chi connectivity index (χ1n) is 2.46. The van der Waals surface area contributed by atoms with Crippen LogP contribution in [-0.4, -0.2) is 17.4 Å². The molecule has 1 heterocycles. The first-order valence-corrected chi connectivity index (χ1v) is 2.46. The number of hydrogen-bond acceptors (Lipinski definition) is 3. The monoisotopic (exact) mass is 129 g/mol. The van der Waals surface area contributed by atoms with Gasteiger partial charge in [0.05, 0.1) is 0 Å². The highest BCUT2D eigenvalue weighted by Crippen LogP contribution is 1.84. The second kappa shape index (κ2) is 2.47. The van der Waals surface area contributed by atoms with Crippen molar-refractivity contribution in [2.75, 3.05) is 0 Å². The van der Waals surface area contributed by atoms with Gasteiger partial charge < -0.3 is 15.8 Å². The fourth-order valence-corrected chi connectivity index (χ4v) is 0.526. The summed E-state index contributed by atoms with van der Waals surface area (Å²) in [6.07, 6.45) is 2.55. The molecular formula is C4H7N3O2. The lowest BCUT2D eigenvalue weighted by Gasteiger charge is -2.16. The van der Waals surface area contributed by atoms with E-state index in [0.717, 1.165) is 0 Å². The highest BCUT2D eigenvalue weighted by atomic mass is 16.5. The highest BCUT2D eigenvalue weighted by Gasteiger charge is 2.09. The van der Waals surface area contributed by atoms with Crippen LogP contribution in [0.5, 0.6) is 0 Å². The van der Waals surface area contributed by atoms with Crippen LogP contribution in [0.1, 0.15) is 0 Å². The van der Waals surface area contributed by atoms with Gasteiger partial charge in [0.2, 0.25) is 0 Å². The lowest BCUT2D eigenvalue weighted by atomic mass is 10.4. The number of hydroxylamine groups is 1. The minimum absolute atomic E-state index is 0.330. The molecule has 1 atom stereocenters. The van der Waals surface area contributed by atoms with Crippen LogP contribution in [-0.2, 0) is 0 Å². The Kier molecular flexibility index (Phi) is 1.66. The van der Waals surface area contributed by atoms with Crippen LogP contribution in [0.15, 0.2) is 12.3 Å². The molecule has 0 radical (unpaired) electrons. The molecule has 1 unspecified atom stereocenters. The molecule has 4 N–H and O–H groups in total. The van der Waals surface area contributed by atoms with E-state index < -0.39 is 6.17 Å². The summed E-state index contributed by atoms with van der Waals surface area (Å²) in [6.45, 7) is 0. The van der Waals surface area contributed by atoms with E-state index in [4.69, 9.17) is 5.21 Å². The quantitative estimate of drug-likeness (QED) is 0.347. The first kappa shape index (κ1) is 6.06. The number of urea groups is 1. The zero-order chi connectivity index (χ0) is 6.69. The fourth-order valence-electron chi connectivity index (χ4n) is 0.526. The van der Waals surface area contributed by atoms with Gasteiger partial charge in [-0.25, -0.2) is 4.79 Å². The molecule has 1 rings (SSSR count). The molecular weight excluding hydrogens is 122 g/mol. The average molecular weight is 129 g/mol. The van der Waals surface area contributed by atoms with Gasteiger partial charge in [-0.3, -0.25) is 0 Å². The molecule has 0 saturated carbocycles. The van der Waals surface area contributed by atoms with E-state index in [1.54, 1.807) is 6.08 Å². The van der Waals surface area contributed by atoms with Crippen molar-refractivity contribution in [1.82, 2.24) is 16.1 Å². The van der Waals surface area contributed by atoms with Crippen LogP contribution >= 0.6 is 0 Å². The molecule has 1 aliphatic heterocycles. The molecule has 0 aromatic heterocycles. The summed E-state index contributed by atoms with van der Waals surface area (Å²) in [6, 6.07) is -0.330. The van der Waals surface area contributed by atoms with Gasteiger partial charge in [-0.15, -0.1) is 0 Å². The number of carbonyl (C=O) groups excluding carboxylic acids is 1. The Morgan fingerprint density at radius 2 is 2.56 bits per heavy atom. The van der Waals surface area contributed by atoms with Crippen molar-refractivity contribution < 1.29 is 10.0 Å². The van der Waals surface area contributed by atoms with E-state index in [9.17, 15) is 4.79 Å². The average Bonchev–Trinajstić information content (AvgIpc) is 1.88. The van der Waals surface area contributed by atoms with Crippen LogP contribution in [0.25, 0.3) is 0 Å². The zero-order valence-corrected chi connectivity index (χ0v) is 4.59. The highest BCUT2D eigenvalue weighted by molar-refractivity contribution is 5.76. The van der Waals surface area contributed by atoms with Crippen molar-refractivity contribution in [3.63, 3.8) is 0 Å². The Bertz CT molecular complexity index is 145. The van der Waals surface area contributed by atoms with E-state index in [1.807, 2.05) is 5.48 Å². The Morgan fingerprint density at radius 3 is 3.00 bits per heavy atom. The summed E-state index contributed by atoms with van der Waals surface area (Å²) in [5.74, 6) is 0. The third-order valence-electron chi connectivity index (χ3n) is 0.929. The molecule has 0 saturated heterocycles. The normalized spacial score (nSPS) is 25.0. The van der Waals surface area contributed by atoms with Gasteiger partial charge in [0.25, 0.3) is 0 Å². The van der Waals surface area contributed by atoms with Gasteiger partial charge in [0.15, 0.2) is 0 Å². The number of carbonyl (C=O) groups is 1. The van der Waals surface area contributed by atoms with Crippen molar-refractivity contribution in [3.05, 3.63) is 12.3 Å². The summed E-state index contributed by atoms with van der Waals surface area (Å²) in [5.41, 5.74) is 1.88. The van der Waals surface area contributed by atoms with E-state index in [2.05, 4.69) is 10.6 Å². The van der Waals surface area contributed by atoms with Gasteiger partial charge >= 0.3 is 6.03 Å². The summed E-state index contributed by atoms with van der Waals surface area (Å²) in [7, 11) is 0. The SMILES string of the molecule is O=C1NC=CC(NO)N1. The van der Waals surface area contributed by atoms with Gasteiger partial charge in [-0.05, 0) is 6.08 Å². The van der Waals surface area contributed by atoms with Gasteiger partial charge in [0, 0.05) is 6.20 Å². The van der Waals surface area contributed by atoms with Crippen molar-refractivity contribution in [2.24, 2.45) is 0 Å². The molecule has 5 nitrogen and oxygen atoms in total. The Morgan fingerprint density at radius 1 is 1.78 bits per heavy atom. The van der Waals surface area contributed by atoms with Gasteiger partial charge in [-0.2, -0.15) is 5.48 Å². The molecule has 0 aliphatic carbocycles. The Hall–Kier alpha value is -1.07. The van der Waals surface area contributed by atoms with Crippen LogP contribution < -0.4 is 16.1 Å². The van der Waals surface area contributed by atoms with Gasteiger partial charge in [-0.1, -0.05) is 0 Å². The van der Waals surface area contributed by atoms with E-state index in [1.165, 1.54) is 6.20 Å². The smallest absolute Gasteiger partial charge is 0.317 e. The maximum atomic E-state index is 10.4.